The number of aliphatic imine (C=N–C) groups is 1. The lowest BCUT2D eigenvalue weighted by atomic mass is 10.0. The van der Waals surface area contributed by atoms with Crippen molar-refractivity contribution in [3.63, 3.8) is 0 Å². The van der Waals surface area contributed by atoms with E-state index in [1.807, 2.05) is 0 Å². The van der Waals surface area contributed by atoms with Crippen LogP contribution >= 0.6 is 0 Å². The Hall–Kier alpha value is -7.12. The number of amides is 1. The van der Waals surface area contributed by atoms with Crippen molar-refractivity contribution in [3.8, 4) is 34.1 Å². The Bertz CT molecular complexity index is 2360. The fraction of sp³-hybridized carbons (Fsp3) is 0.226. The second-order valence-corrected chi connectivity index (χ2v) is 11.2. The predicted octanol–water partition coefficient (Wildman–Crippen LogP) is -0.294. The van der Waals surface area contributed by atoms with Gasteiger partial charge >= 0.3 is 11.9 Å². The molecule has 266 valence electrons. The lowest BCUT2D eigenvalue weighted by Gasteiger charge is -2.13. The van der Waals surface area contributed by atoms with Crippen molar-refractivity contribution in [2.75, 3.05) is 6.54 Å². The number of nitrogens with two attached hydrogens (primary N) is 2. The molecule has 20 nitrogen and oxygen atoms in total. The number of pyridine rings is 1. The van der Waals surface area contributed by atoms with Crippen molar-refractivity contribution < 1.29 is 49.1 Å². The molecule has 10 N–H and O–H groups in total. The third-order valence-corrected chi connectivity index (χ3v) is 7.55. The fourth-order valence-electron chi connectivity index (χ4n) is 5.13. The molecule has 0 radical (unpaired) electrons. The monoisotopic (exact) mass is 706 g/mol. The topological polar surface area (TPSA) is 321 Å². The molecular weight excluding hydrogens is 676 g/mol. The Morgan fingerprint density at radius 2 is 1.65 bits per heavy atom. The minimum absolute atomic E-state index is 0.0207. The van der Waals surface area contributed by atoms with Gasteiger partial charge in [-0.1, -0.05) is 5.21 Å². The van der Waals surface area contributed by atoms with Crippen LogP contribution < -0.4 is 27.6 Å². The first-order valence-electron chi connectivity index (χ1n) is 14.9. The van der Waals surface area contributed by atoms with Gasteiger partial charge in [-0.2, -0.15) is 0 Å². The number of aliphatic carboxylic acids is 1. The third-order valence-electron chi connectivity index (χ3n) is 7.55. The zero-order chi connectivity index (χ0) is 37.1. The van der Waals surface area contributed by atoms with E-state index in [0.717, 1.165) is 28.9 Å². The number of phenolic OH excluding ortho intramolecular Hbond substituents is 4. The number of carboxylic acids is 1. The lowest BCUT2D eigenvalue weighted by Crippen LogP contribution is -2.42. The van der Waals surface area contributed by atoms with Crippen LogP contribution in [0.3, 0.4) is 0 Å². The number of hydrogen-bond donors (Lipinski definition) is 8. The van der Waals surface area contributed by atoms with Gasteiger partial charge in [0.1, 0.15) is 30.5 Å². The summed E-state index contributed by atoms with van der Waals surface area (Å²) in [5, 5.41) is 59.0. The number of benzene rings is 2. The summed E-state index contributed by atoms with van der Waals surface area (Å²) in [5.41, 5.74) is 7.64. The molecule has 0 bridgehead atoms. The molecule has 51 heavy (non-hydrogen) atoms. The summed E-state index contributed by atoms with van der Waals surface area (Å²) in [5.74, 6) is -6.63. The van der Waals surface area contributed by atoms with Crippen LogP contribution in [0.15, 0.2) is 55.7 Å². The molecule has 3 aromatic heterocycles. The maximum Gasteiger partial charge on any atom is 0.375 e. The van der Waals surface area contributed by atoms with Gasteiger partial charge < -0.3 is 56.0 Å². The molecule has 1 atom stereocenters. The highest BCUT2D eigenvalue weighted by Gasteiger charge is 2.28. The number of aryl methyl sites for hydroxylation is 1. The molecule has 1 amide bonds. The summed E-state index contributed by atoms with van der Waals surface area (Å²) in [4.78, 5) is 68.8. The summed E-state index contributed by atoms with van der Waals surface area (Å²) in [7, 11) is 1.48. The molecule has 0 unspecified atom stereocenters. The van der Waals surface area contributed by atoms with Crippen molar-refractivity contribution in [1.29, 1.82) is 0 Å². The lowest BCUT2D eigenvalue weighted by molar-refractivity contribution is -0.142. The molecule has 20 heteroatoms. The smallest absolute Gasteiger partial charge is 0.375 e. The number of hydrogen-bond acceptors (Lipinski definition) is 14. The molecule has 0 aliphatic carbocycles. The summed E-state index contributed by atoms with van der Waals surface area (Å²) >= 11 is 0. The summed E-state index contributed by atoms with van der Waals surface area (Å²) < 4.78 is 13.4. The van der Waals surface area contributed by atoms with Gasteiger partial charge in [0.15, 0.2) is 34.4 Å². The van der Waals surface area contributed by atoms with Gasteiger partial charge in [-0.3, -0.25) is 19.4 Å². The summed E-state index contributed by atoms with van der Waals surface area (Å²) in [6.45, 7) is -0.858. The van der Waals surface area contributed by atoms with E-state index in [1.165, 1.54) is 24.0 Å². The molecule has 3 heterocycles. The van der Waals surface area contributed by atoms with Gasteiger partial charge in [-0.25, -0.2) is 14.3 Å². The quantitative estimate of drug-likeness (QED) is 0.0271. The number of aromatic nitrogens is 4. The van der Waals surface area contributed by atoms with E-state index in [2.05, 4.69) is 20.6 Å². The third kappa shape index (κ3) is 7.48. The van der Waals surface area contributed by atoms with Crippen LogP contribution in [0.4, 0.5) is 0 Å². The number of carboxylic acid groups (broad SMARTS) is 1. The van der Waals surface area contributed by atoms with Crippen LogP contribution in [0.5, 0.6) is 23.0 Å². The number of carbonyl (C=O) groups is 3. The average molecular weight is 707 g/mol. The molecule has 0 saturated carbocycles. The molecule has 0 fully saturated rings. The van der Waals surface area contributed by atoms with Crippen molar-refractivity contribution >= 4 is 45.7 Å². The first kappa shape index (κ1) is 35.2. The van der Waals surface area contributed by atoms with Crippen molar-refractivity contribution in [2.24, 2.45) is 23.5 Å². The average Bonchev–Trinajstić information content (AvgIpc) is 3.51. The Morgan fingerprint density at radius 1 is 0.980 bits per heavy atom. The van der Waals surface area contributed by atoms with Gasteiger partial charge in [0, 0.05) is 31.9 Å². The number of rotatable bonds is 12. The molecule has 0 spiro atoms. The number of esters is 1. The highest BCUT2D eigenvalue weighted by Crippen LogP contribution is 2.33. The van der Waals surface area contributed by atoms with Gasteiger partial charge in [-0.05, 0) is 25.0 Å². The SMILES string of the molecule is Cn1cc(-c2c(C(=O)OCc3cn(CC(=O)N[C@@H](CCCN=C(N)N)C(=O)O)nn3)oc3cc(O)c(O)cc3c2=O)c(=O)c2cc(O)c(O)cc21. The number of nitrogens with zero attached hydrogens (tertiary/aromatic N) is 5. The Kier molecular flexibility index (Phi) is 9.77. The molecule has 0 aliphatic rings. The predicted molar refractivity (Wildman–Crippen MR) is 176 cm³/mol. The molecule has 0 saturated heterocycles. The van der Waals surface area contributed by atoms with E-state index in [1.54, 1.807) is 0 Å². The minimum Gasteiger partial charge on any atom is -0.504 e. The first-order chi connectivity index (χ1) is 24.1. The zero-order valence-electron chi connectivity index (χ0n) is 26.6. The standard InChI is InChI=1S/C31H30N8O12/c1-38-10-16(26(45)14-5-19(40)21(42)7-18(14)38)25-27(46)15-6-20(41)22(43)8-23(15)51-28(25)30(49)50-12-13-9-39(37-36-13)11-24(44)35-17(29(47)48)3-2-4-34-31(32)33/h5-10,17,40-43H,2-4,11-12H2,1H3,(H,35,44)(H,47,48)(H4,32,33,34)/t17-/m0/s1. The van der Waals surface area contributed by atoms with Gasteiger partial charge in [0.25, 0.3) is 0 Å². The van der Waals surface area contributed by atoms with E-state index in [9.17, 15) is 49.5 Å². The van der Waals surface area contributed by atoms with E-state index >= 15 is 0 Å². The maximum atomic E-state index is 13.8. The highest BCUT2D eigenvalue weighted by atomic mass is 16.5. The number of phenols is 4. The Balaban J connectivity index is 1.41. The maximum absolute atomic E-state index is 13.8. The number of ether oxygens (including phenoxy) is 1. The first-order valence-corrected chi connectivity index (χ1v) is 14.9. The van der Waals surface area contributed by atoms with Crippen LogP contribution in [-0.4, -0.2) is 81.5 Å². The molecule has 5 aromatic rings. The molecule has 0 aliphatic heterocycles. The van der Waals surface area contributed by atoms with E-state index in [4.69, 9.17) is 20.6 Å². The number of carbonyl (C=O) groups excluding carboxylic acids is 2. The largest absolute Gasteiger partial charge is 0.504 e. The van der Waals surface area contributed by atoms with E-state index in [-0.39, 0.29) is 58.5 Å². The second kappa shape index (κ2) is 14.2. The highest BCUT2D eigenvalue weighted by molar-refractivity contribution is 5.99. The minimum atomic E-state index is -1.27. The zero-order valence-corrected chi connectivity index (χ0v) is 26.6. The fourth-order valence-corrected chi connectivity index (χ4v) is 5.13. The van der Waals surface area contributed by atoms with Crippen molar-refractivity contribution in [3.05, 3.63) is 68.6 Å². The van der Waals surface area contributed by atoms with E-state index < -0.39 is 82.2 Å². The van der Waals surface area contributed by atoms with Gasteiger partial charge in [0.05, 0.1) is 33.6 Å². The van der Waals surface area contributed by atoms with Gasteiger partial charge in [0.2, 0.25) is 17.1 Å². The van der Waals surface area contributed by atoms with Crippen LogP contribution in [0.1, 0.15) is 29.1 Å². The van der Waals surface area contributed by atoms with Crippen molar-refractivity contribution in [2.45, 2.75) is 32.0 Å². The van der Waals surface area contributed by atoms with Crippen LogP contribution in [0, 0.1) is 0 Å². The Morgan fingerprint density at radius 3 is 2.33 bits per heavy atom. The summed E-state index contributed by atoms with van der Waals surface area (Å²) in [6, 6.07) is 2.67. The normalized spacial score (nSPS) is 11.7. The molecule has 2 aromatic carbocycles. The van der Waals surface area contributed by atoms with Crippen LogP contribution in [0.2, 0.25) is 0 Å². The molecular formula is C31H30N8O12. The second-order valence-electron chi connectivity index (χ2n) is 11.2. The van der Waals surface area contributed by atoms with Gasteiger partial charge in [-0.15, -0.1) is 5.10 Å². The number of guanidine groups is 1. The number of fused-ring (bicyclic) bond motifs is 2. The Labute approximate surface area is 284 Å². The number of aromatic hydroxyl groups is 4. The molecule has 5 rings (SSSR count). The van der Waals surface area contributed by atoms with Crippen LogP contribution in [-0.2, 0) is 34.5 Å². The summed E-state index contributed by atoms with van der Waals surface area (Å²) in [6.07, 6.45) is 2.76. The number of nitrogens with one attached hydrogen (secondary N) is 1. The van der Waals surface area contributed by atoms with Crippen molar-refractivity contribution in [1.82, 2.24) is 24.9 Å². The van der Waals surface area contributed by atoms with E-state index in [0.29, 0.717) is 0 Å². The van der Waals surface area contributed by atoms with Crippen LogP contribution in [0.25, 0.3) is 33.0 Å².